The number of pyridine rings is 1. The van der Waals surface area contributed by atoms with E-state index >= 15 is 0 Å². The highest BCUT2D eigenvalue weighted by Gasteiger charge is 2.15. The maximum absolute atomic E-state index is 12.2. The van der Waals surface area contributed by atoms with Crippen molar-refractivity contribution in [1.82, 2.24) is 20.5 Å². The fourth-order valence-electron chi connectivity index (χ4n) is 2.64. The average Bonchev–Trinajstić information content (AvgIpc) is 3.22. The standard InChI is InChI=1S/C19H31N5O3.HI/c1-20-19(22-10-5-12-27-17-8-13-26-15-17)23-14-18(25)24(2)11-7-16-6-3-4-9-21-16;/h3-4,6,9,17H,5,7-8,10-15H2,1-2H3,(H2,20,22,23);1H. The number of likely N-dealkylation sites (N-methyl/N-ethyl adjacent to an activating group) is 1. The van der Waals surface area contributed by atoms with Crippen LogP contribution in [0.15, 0.2) is 29.4 Å². The lowest BCUT2D eigenvalue weighted by molar-refractivity contribution is -0.128. The summed E-state index contributed by atoms with van der Waals surface area (Å²) < 4.78 is 11.0. The molecule has 0 radical (unpaired) electrons. The predicted octanol–water partition coefficient (Wildman–Crippen LogP) is 1.06. The van der Waals surface area contributed by atoms with Gasteiger partial charge in [-0.15, -0.1) is 24.0 Å². The highest BCUT2D eigenvalue weighted by Crippen LogP contribution is 2.07. The SMILES string of the molecule is CN=C(NCCCOC1CCOC1)NCC(=O)N(C)CCc1ccccn1.I. The van der Waals surface area contributed by atoms with Crippen LogP contribution in [0.25, 0.3) is 0 Å². The van der Waals surface area contributed by atoms with E-state index in [2.05, 4.69) is 20.6 Å². The van der Waals surface area contributed by atoms with Gasteiger partial charge in [-0.1, -0.05) is 6.07 Å². The molecule has 0 saturated carbocycles. The van der Waals surface area contributed by atoms with Crippen LogP contribution in [-0.4, -0.2) is 81.4 Å². The van der Waals surface area contributed by atoms with Crippen LogP contribution >= 0.6 is 24.0 Å². The van der Waals surface area contributed by atoms with Crippen molar-refractivity contribution in [2.24, 2.45) is 4.99 Å². The van der Waals surface area contributed by atoms with E-state index in [1.807, 2.05) is 18.2 Å². The van der Waals surface area contributed by atoms with Gasteiger partial charge in [-0.25, -0.2) is 0 Å². The van der Waals surface area contributed by atoms with Gasteiger partial charge in [-0.05, 0) is 25.0 Å². The molecular weight excluding hydrogens is 473 g/mol. The molecule has 1 unspecified atom stereocenters. The summed E-state index contributed by atoms with van der Waals surface area (Å²) in [6.07, 6.45) is 4.59. The second kappa shape index (κ2) is 14.5. The van der Waals surface area contributed by atoms with Gasteiger partial charge in [0.2, 0.25) is 5.91 Å². The first-order chi connectivity index (χ1) is 13.2. The molecule has 1 aromatic rings. The Labute approximate surface area is 184 Å². The summed E-state index contributed by atoms with van der Waals surface area (Å²) in [6, 6.07) is 5.80. The highest BCUT2D eigenvalue weighted by atomic mass is 127. The second-order valence-electron chi connectivity index (χ2n) is 6.45. The number of ether oxygens (including phenoxy) is 2. The molecule has 1 saturated heterocycles. The minimum absolute atomic E-state index is 0. The van der Waals surface area contributed by atoms with Crippen molar-refractivity contribution in [2.45, 2.75) is 25.4 Å². The van der Waals surface area contributed by atoms with Crippen molar-refractivity contribution in [3.63, 3.8) is 0 Å². The van der Waals surface area contributed by atoms with Crippen molar-refractivity contribution in [3.8, 4) is 0 Å². The molecule has 2 N–H and O–H groups in total. The van der Waals surface area contributed by atoms with Crippen LogP contribution in [0.2, 0.25) is 0 Å². The van der Waals surface area contributed by atoms with Gasteiger partial charge in [-0.3, -0.25) is 14.8 Å². The third-order valence-electron chi connectivity index (χ3n) is 4.34. The minimum Gasteiger partial charge on any atom is -0.379 e. The van der Waals surface area contributed by atoms with Crippen molar-refractivity contribution in [3.05, 3.63) is 30.1 Å². The van der Waals surface area contributed by atoms with Gasteiger partial charge in [0, 0.05) is 58.7 Å². The lowest BCUT2D eigenvalue weighted by atomic mass is 10.2. The Morgan fingerprint density at radius 1 is 1.43 bits per heavy atom. The van der Waals surface area contributed by atoms with Crippen LogP contribution < -0.4 is 10.6 Å². The van der Waals surface area contributed by atoms with Crippen LogP contribution in [0.5, 0.6) is 0 Å². The molecule has 2 heterocycles. The number of carbonyl (C=O) groups excluding carboxylic acids is 1. The van der Waals surface area contributed by atoms with Crippen LogP contribution in [-0.2, 0) is 20.7 Å². The van der Waals surface area contributed by atoms with Crippen molar-refractivity contribution >= 4 is 35.8 Å². The number of carbonyl (C=O) groups is 1. The van der Waals surface area contributed by atoms with Gasteiger partial charge < -0.3 is 25.0 Å². The molecule has 1 aliphatic heterocycles. The Hall–Kier alpha value is -1.46. The molecule has 0 spiro atoms. The molecule has 8 nitrogen and oxygen atoms in total. The first kappa shape index (κ1) is 24.6. The van der Waals surface area contributed by atoms with Crippen molar-refractivity contribution in [2.75, 3.05) is 53.6 Å². The molecule has 0 aromatic carbocycles. The molecule has 28 heavy (non-hydrogen) atoms. The minimum atomic E-state index is 0. The maximum atomic E-state index is 12.2. The van der Waals surface area contributed by atoms with Gasteiger partial charge >= 0.3 is 0 Å². The molecular formula is C19H32IN5O3. The summed E-state index contributed by atoms with van der Waals surface area (Å²) in [4.78, 5) is 22.3. The number of guanidine groups is 1. The third-order valence-corrected chi connectivity index (χ3v) is 4.34. The number of hydrogen-bond acceptors (Lipinski definition) is 5. The maximum Gasteiger partial charge on any atom is 0.241 e. The summed E-state index contributed by atoms with van der Waals surface area (Å²) in [5, 5.41) is 6.25. The van der Waals surface area contributed by atoms with E-state index in [9.17, 15) is 4.79 Å². The molecule has 158 valence electrons. The molecule has 1 atom stereocenters. The van der Waals surface area contributed by atoms with E-state index < -0.39 is 0 Å². The zero-order valence-corrected chi connectivity index (χ0v) is 19.1. The molecule has 2 rings (SSSR count). The van der Waals surface area contributed by atoms with Crippen LogP contribution in [0.4, 0.5) is 0 Å². The first-order valence-corrected chi connectivity index (χ1v) is 9.46. The van der Waals surface area contributed by atoms with Crippen molar-refractivity contribution < 1.29 is 14.3 Å². The zero-order valence-electron chi connectivity index (χ0n) is 16.7. The lowest BCUT2D eigenvalue weighted by Gasteiger charge is -2.18. The lowest BCUT2D eigenvalue weighted by Crippen LogP contribution is -2.44. The molecule has 0 bridgehead atoms. The van der Waals surface area contributed by atoms with Gasteiger partial charge in [0.1, 0.15) is 0 Å². The smallest absolute Gasteiger partial charge is 0.241 e. The number of rotatable bonds is 10. The van der Waals surface area contributed by atoms with Crippen molar-refractivity contribution in [1.29, 1.82) is 0 Å². The van der Waals surface area contributed by atoms with E-state index in [-0.39, 0.29) is 42.5 Å². The number of aliphatic imine (C=N–C) groups is 1. The highest BCUT2D eigenvalue weighted by molar-refractivity contribution is 14.0. The van der Waals surface area contributed by atoms with E-state index in [1.54, 1.807) is 25.2 Å². The Balaban J connectivity index is 0.00000392. The zero-order chi connectivity index (χ0) is 19.3. The third kappa shape index (κ3) is 9.65. The number of hydrogen-bond donors (Lipinski definition) is 2. The first-order valence-electron chi connectivity index (χ1n) is 9.46. The van der Waals surface area contributed by atoms with Gasteiger partial charge in [0.15, 0.2) is 5.96 Å². The van der Waals surface area contributed by atoms with E-state index in [0.29, 0.717) is 25.7 Å². The van der Waals surface area contributed by atoms with E-state index in [1.165, 1.54) is 0 Å². The fourth-order valence-corrected chi connectivity index (χ4v) is 2.64. The number of amides is 1. The predicted molar refractivity (Wildman–Crippen MR) is 120 cm³/mol. The van der Waals surface area contributed by atoms with E-state index in [0.717, 1.165) is 38.1 Å². The topological polar surface area (TPSA) is 88.1 Å². The number of halogens is 1. The van der Waals surface area contributed by atoms with Crippen LogP contribution in [0.3, 0.4) is 0 Å². The second-order valence-corrected chi connectivity index (χ2v) is 6.45. The fraction of sp³-hybridized carbons (Fsp3) is 0.632. The molecule has 1 amide bonds. The quantitative estimate of drug-likeness (QED) is 0.214. The molecule has 0 aliphatic carbocycles. The van der Waals surface area contributed by atoms with Gasteiger partial charge in [0.25, 0.3) is 0 Å². The summed E-state index contributed by atoms with van der Waals surface area (Å²) >= 11 is 0. The summed E-state index contributed by atoms with van der Waals surface area (Å²) in [5.74, 6) is 0.629. The molecule has 9 heteroatoms. The Kier molecular flexibility index (Phi) is 12.8. The molecule has 1 fully saturated rings. The Morgan fingerprint density at radius 3 is 2.96 bits per heavy atom. The Morgan fingerprint density at radius 2 is 2.29 bits per heavy atom. The number of nitrogens with zero attached hydrogens (tertiary/aromatic N) is 3. The van der Waals surface area contributed by atoms with Crippen LogP contribution in [0, 0.1) is 0 Å². The molecule has 1 aliphatic rings. The summed E-state index contributed by atoms with van der Waals surface area (Å²) in [6.45, 7) is 3.75. The number of aromatic nitrogens is 1. The normalized spacial score (nSPS) is 16.4. The summed E-state index contributed by atoms with van der Waals surface area (Å²) in [7, 11) is 3.49. The number of nitrogens with one attached hydrogen (secondary N) is 2. The average molecular weight is 505 g/mol. The van der Waals surface area contributed by atoms with Gasteiger partial charge in [-0.2, -0.15) is 0 Å². The monoisotopic (exact) mass is 505 g/mol. The largest absolute Gasteiger partial charge is 0.379 e. The van der Waals surface area contributed by atoms with Crippen LogP contribution in [0.1, 0.15) is 18.5 Å². The van der Waals surface area contributed by atoms with Gasteiger partial charge in [0.05, 0.1) is 19.3 Å². The summed E-state index contributed by atoms with van der Waals surface area (Å²) in [5.41, 5.74) is 0.981. The Bertz CT molecular complexity index is 582. The molecule has 1 aromatic heterocycles. The van der Waals surface area contributed by atoms with E-state index in [4.69, 9.17) is 9.47 Å².